The minimum absolute atomic E-state index is 0.500. The Morgan fingerprint density at radius 2 is 1.60 bits per heavy atom. The maximum atomic E-state index is 5.66. The smallest absolute Gasteiger partial charge is 0.258 e. The summed E-state index contributed by atoms with van der Waals surface area (Å²) in [5, 5.41) is 4.02. The molecule has 2 aromatic carbocycles. The van der Waals surface area contributed by atoms with Crippen molar-refractivity contribution in [1.29, 1.82) is 0 Å². The van der Waals surface area contributed by atoms with Crippen molar-refractivity contribution in [2.24, 2.45) is 0 Å². The number of rotatable bonds is 3. The van der Waals surface area contributed by atoms with Crippen LogP contribution >= 0.6 is 0 Å². The van der Waals surface area contributed by atoms with Crippen LogP contribution in [0.2, 0.25) is 0 Å². The van der Waals surface area contributed by atoms with Crippen molar-refractivity contribution < 1.29 is 4.52 Å². The molecule has 2 N–H and O–H groups in total. The van der Waals surface area contributed by atoms with Gasteiger partial charge in [-0.15, -0.1) is 0 Å². The molecule has 0 saturated carbocycles. The fourth-order valence-electron chi connectivity index (χ4n) is 1.97. The van der Waals surface area contributed by atoms with E-state index < -0.39 is 0 Å². The highest BCUT2D eigenvalue weighted by Crippen LogP contribution is 2.23. The lowest BCUT2D eigenvalue weighted by Crippen LogP contribution is -1.85. The van der Waals surface area contributed by atoms with Crippen LogP contribution in [0.1, 0.15) is 12.5 Å². The number of hydrogen-bond donors (Lipinski definition) is 1. The molecule has 0 spiro atoms. The topological polar surface area (TPSA) is 64.9 Å². The van der Waals surface area contributed by atoms with Crippen LogP contribution in [0.25, 0.3) is 22.8 Å². The summed E-state index contributed by atoms with van der Waals surface area (Å²) >= 11 is 0. The zero-order valence-corrected chi connectivity index (χ0v) is 11.2. The molecule has 0 radical (unpaired) electrons. The van der Waals surface area contributed by atoms with Crippen LogP contribution in [0, 0.1) is 0 Å². The first kappa shape index (κ1) is 12.4. The van der Waals surface area contributed by atoms with Gasteiger partial charge in [0.05, 0.1) is 0 Å². The van der Waals surface area contributed by atoms with E-state index in [1.54, 1.807) is 0 Å². The molecule has 0 fully saturated rings. The molecule has 0 saturated heterocycles. The van der Waals surface area contributed by atoms with E-state index in [1.807, 2.05) is 36.4 Å². The Kier molecular flexibility index (Phi) is 3.21. The van der Waals surface area contributed by atoms with E-state index in [4.69, 9.17) is 10.3 Å². The van der Waals surface area contributed by atoms with E-state index in [1.165, 1.54) is 5.56 Å². The van der Waals surface area contributed by atoms with Crippen LogP contribution in [-0.2, 0) is 6.42 Å². The summed E-state index contributed by atoms with van der Waals surface area (Å²) in [7, 11) is 0. The monoisotopic (exact) mass is 265 g/mol. The number of aryl methyl sites for hydroxylation is 1. The minimum atomic E-state index is 0.500. The summed E-state index contributed by atoms with van der Waals surface area (Å²) in [4.78, 5) is 4.42. The summed E-state index contributed by atoms with van der Waals surface area (Å²) < 4.78 is 5.30. The Morgan fingerprint density at radius 1 is 0.950 bits per heavy atom. The molecular weight excluding hydrogens is 250 g/mol. The van der Waals surface area contributed by atoms with E-state index in [2.05, 4.69) is 29.2 Å². The number of nitrogens with zero attached hydrogens (tertiary/aromatic N) is 2. The van der Waals surface area contributed by atoms with Gasteiger partial charge in [0.2, 0.25) is 5.82 Å². The van der Waals surface area contributed by atoms with Gasteiger partial charge in [-0.05, 0) is 36.2 Å². The lowest BCUT2D eigenvalue weighted by Gasteiger charge is -1.97. The van der Waals surface area contributed by atoms with Gasteiger partial charge in [-0.25, -0.2) is 0 Å². The zero-order chi connectivity index (χ0) is 13.9. The first-order chi connectivity index (χ1) is 9.76. The van der Waals surface area contributed by atoms with Crippen LogP contribution in [0.15, 0.2) is 53.1 Å². The Morgan fingerprint density at radius 3 is 2.25 bits per heavy atom. The fraction of sp³-hybridized carbons (Fsp3) is 0.125. The van der Waals surface area contributed by atoms with Gasteiger partial charge >= 0.3 is 0 Å². The van der Waals surface area contributed by atoms with Crippen LogP contribution in [0.3, 0.4) is 0 Å². The zero-order valence-electron chi connectivity index (χ0n) is 11.2. The molecule has 0 unspecified atom stereocenters. The molecule has 20 heavy (non-hydrogen) atoms. The normalized spacial score (nSPS) is 10.7. The molecule has 0 aliphatic rings. The number of benzene rings is 2. The third-order valence-corrected chi connectivity index (χ3v) is 3.20. The van der Waals surface area contributed by atoms with Gasteiger partial charge in [-0.2, -0.15) is 4.98 Å². The number of nitrogens with two attached hydrogens (primary N) is 1. The molecular formula is C16H15N3O. The lowest BCUT2D eigenvalue weighted by molar-refractivity contribution is 0.432. The predicted octanol–water partition coefficient (Wildman–Crippen LogP) is 3.55. The number of aromatic nitrogens is 2. The average molecular weight is 265 g/mol. The maximum absolute atomic E-state index is 5.66. The van der Waals surface area contributed by atoms with Crippen LogP contribution < -0.4 is 5.73 Å². The SMILES string of the molecule is CCc1ccc(-c2noc(-c3ccc(N)cc3)n2)cc1. The van der Waals surface area contributed by atoms with Crippen molar-refractivity contribution in [3.8, 4) is 22.8 Å². The van der Waals surface area contributed by atoms with E-state index >= 15 is 0 Å². The van der Waals surface area contributed by atoms with Crippen molar-refractivity contribution in [3.05, 3.63) is 54.1 Å². The second kappa shape index (κ2) is 5.17. The molecule has 4 nitrogen and oxygen atoms in total. The average Bonchev–Trinajstić information content (AvgIpc) is 2.98. The molecule has 100 valence electrons. The van der Waals surface area contributed by atoms with Crippen molar-refractivity contribution in [3.63, 3.8) is 0 Å². The van der Waals surface area contributed by atoms with Gasteiger partial charge in [0.25, 0.3) is 5.89 Å². The van der Waals surface area contributed by atoms with Crippen molar-refractivity contribution in [2.75, 3.05) is 5.73 Å². The summed E-state index contributed by atoms with van der Waals surface area (Å²) in [5.74, 6) is 1.10. The molecule has 3 rings (SSSR count). The van der Waals surface area contributed by atoms with E-state index in [0.29, 0.717) is 17.4 Å². The predicted molar refractivity (Wildman–Crippen MR) is 79.0 cm³/mol. The highest BCUT2D eigenvalue weighted by molar-refractivity contribution is 5.61. The third-order valence-electron chi connectivity index (χ3n) is 3.20. The molecule has 4 heteroatoms. The molecule has 3 aromatic rings. The fourth-order valence-corrected chi connectivity index (χ4v) is 1.97. The van der Waals surface area contributed by atoms with Crippen LogP contribution in [-0.4, -0.2) is 10.1 Å². The van der Waals surface area contributed by atoms with E-state index in [9.17, 15) is 0 Å². The minimum Gasteiger partial charge on any atom is -0.399 e. The van der Waals surface area contributed by atoms with Gasteiger partial charge in [0.1, 0.15) is 0 Å². The highest BCUT2D eigenvalue weighted by Gasteiger charge is 2.10. The summed E-state index contributed by atoms with van der Waals surface area (Å²) in [6.07, 6.45) is 1.02. The second-order valence-electron chi connectivity index (χ2n) is 4.60. The van der Waals surface area contributed by atoms with Crippen molar-refractivity contribution in [2.45, 2.75) is 13.3 Å². The third kappa shape index (κ3) is 2.40. The first-order valence-electron chi connectivity index (χ1n) is 6.55. The van der Waals surface area contributed by atoms with Gasteiger partial charge < -0.3 is 10.3 Å². The molecule has 0 atom stereocenters. The van der Waals surface area contributed by atoms with Crippen molar-refractivity contribution in [1.82, 2.24) is 10.1 Å². The lowest BCUT2D eigenvalue weighted by atomic mass is 10.1. The van der Waals surface area contributed by atoms with Crippen LogP contribution in [0.5, 0.6) is 0 Å². The summed E-state index contributed by atoms with van der Waals surface area (Å²) in [6, 6.07) is 15.5. The van der Waals surface area contributed by atoms with Gasteiger partial charge in [-0.3, -0.25) is 0 Å². The Labute approximate surface area is 117 Å². The van der Waals surface area contributed by atoms with Crippen LogP contribution in [0.4, 0.5) is 5.69 Å². The van der Waals surface area contributed by atoms with Gasteiger partial charge in [-0.1, -0.05) is 36.3 Å². The molecule has 1 aromatic heterocycles. The Hall–Kier alpha value is -2.62. The number of hydrogen-bond acceptors (Lipinski definition) is 4. The quantitative estimate of drug-likeness (QED) is 0.735. The van der Waals surface area contributed by atoms with Gasteiger partial charge in [0, 0.05) is 16.8 Å². The summed E-state index contributed by atoms with van der Waals surface area (Å²) in [6.45, 7) is 2.13. The van der Waals surface area contributed by atoms with Gasteiger partial charge in [0.15, 0.2) is 0 Å². The highest BCUT2D eigenvalue weighted by atomic mass is 16.5. The molecule has 0 aliphatic carbocycles. The molecule has 1 heterocycles. The van der Waals surface area contributed by atoms with Crippen molar-refractivity contribution >= 4 is 5.69 Å². The standard InChI is InChI=1S/C16H15N3O/c1-2-11-3-5-12(6-4-11)15-18-16(20-19-15)13-7-9-14(17)10-8-13/h3-10H,2,17H2,1H3. The second-order valence-corrected chi connectivity index (χ2v) is 4.60. The Balaban J connectivity index is 1.91. The molecule has 0 amide bonds. The summed E-state index contributed by atoms with van der Waals surface area (Å²) in [5.41, 5.74) is 9.48. The number of anilines is 1. The van der Waals surface area contributed by atoms with E-state index in [-0.39, 0.29) is 0 Å². The molecule has 0 aliphatic heterocycles. The largest absolute Gasteiger partial charge is 0.399 e. The first-order valence-corrected chi connectivity index (χ1v) is 6.55. The van der Waals surface area contributed by atoms with E-state index in [0.717, 1.165) is 17.5 Å². The molecule has 0 bridgehead atoms. The Bertz CT molecular complexity index is 699. The number of nitrogen functional groups attached to an aromatic ring is 1. The maximum Gasteiger partial charge on any atom is 0.258 e.